The largest absolute Gasteiger partial charge is 0.337 e. The Labute approximate surface area is 98.6 Å². The van der Waals surface area contributed by atoms with Gasteiger partial charge in [-0.2, -0.15) is 0 Å². The topological polar surface area (TPSA) is 53.2 Å². The summed E-state index contributed by atoms with van der Waals surface area (Å²) >= 11 is 0. The van der Waals surface area contributed by atoms with E-state index in [2.05, 4.69) is 16.0 Å². The van der Waals surface area contributed by atoms with Gasteiger partial charge >= 0.3 is 6.03 Å². The van der Waals surface area contributed by atoms with E-state index in [-0.39, 0.29) is 11.6 Å². The van der Waals surface area contributed by atoms with Gasteiger partial charge in [0.15, 0.2) is 0 Å². The van der Waals surface area contributed by atoms with Crippen molar-refractivity contribution in [2.45, 2.75) is 58.0 Å². The van der Waals surface area contributed by atoms with E-state index in [1.165, 1.54) is 19.3 Å². The van der Waals surface area contributed by atoms with Gasteiger partial charge in [-0.15, -0.1) is 0 Å². The fraction of sp³-hybridized carbons (Fsp3) is 0.917. The van der Waals surface area contributed by atoms with Crippen LogP contribution in [0.2, 0.25) is 0 Å². The number of amides is 2. The van der Waals surface area contributed by atoms with Crippen molar-refractivity contribution in [2.75, 3.05) is 13.1 Å². The molecule has 2 amide bonds. The van der Waals surface area contributed by atoms with Gasteiger partial charge in [-0.05, 0) is 40.2 Å². The highest BCUT2D eigenvalue weighted by Gasteiger charge is 2.15. The maximum absolute atomic E-state index is 11.5. The predicted octanol–water partition coefficient (Wildman–Crippen LogP) is 1.62. The highest BCUT2D eigenvalue weighted by Crippen LogP contribution is 2.07. The molecule has 94 valence electrons. The van der Waals surface area contributed by atoms with Gasteiger partial charge in [0.25, 0.3) is 0 Å². The van der Waals surface area contributed by atoms with Crippen molar-refractivity contribution >= 4 is 6.03 Å². The molecule has 0 aromatic rings. The first-order chi connectivity index (χ1) is 7.47. The SMILES string of the molecule is CC(C)(C)NC(=O)NCC1CCCCCN1. The Kier molecular flexibility index (Phi) is 5.06. The molecule has 1 saturated heterocycles. The average molecular weight is 227 g/mol. The lowest BCUT2D eigenvalue weighted by Gasteiger charge is -2.22. The van der Waals surface area contributed by atoms with Crippen LogP contribution < -0.4 is 16.0 Å². The van der Waals surface area contributed by atoms with Crippen molar-refractivity contribution in [1.29, 1.82) is 0 Å². The summed E-state index contributed by atoms with van der Waals surface area (Å²) in [6, 6.07) is 0.367. The first-order valence-corrected chi connectivity index (χ1v) is 6.27. The second-order valence-electron chi connectivity index (χ2n) is 5.59. The average Bonchev–Trinajstić information content (AvgIpc) is 2.39. The maximum Gasteiger partial charge on any atom is 0.315 e. The standard InChI is InChI=1S/C12H25N3O/c1-12(2,3)15-11(16)14-9-10-7-5-4-6-8-13-10/h10,13H,4-9H2,1-3H3,(H2,14,15,16). The molecule has 1 aliphatic heterocycles. The van der Waals surface area contributed by atoms with E-state index in [9.17, 15) is 4.79 Å². The summed E-state index contributed by atoms with van der Waals surface area (Å²) in [7, 11) is 0. The number of rotatable bonds is 2. The van der Waals surface area contributed by atoms with Crippen molar-refractivity contribution in [1.82, 2.24) is 16.0 Å². The van der Waals surface area contributed by atoms with E-state index in [1.807, 2.05) is 20.8 Å². The van der Waals surface area contributed by atoms with Crippen LogP contribution in [0.3, 0.4) is 0 Å². The lowest BCUT2D eigenvalue weighted by molar-refractivity contribution is 0.230. The molecule has 0 aromatic heterocycles. The van der Waals surface area contributed by atoms with E-state index >= 15 is 0 Å². The molecule has 1 unspecified atom stereocenters. The molecule has 0 radical (unpaired) electrons. The van der Waals surface area contributed by atoms with Crippen LogP contribution in [0.1, 0.15) is 46.5 Å². The number of hydrogen-bond acceptors (Lipinski definition) is 2. The summed E-state index contributed by atoms with van der Waals surface area (Å²) in [5.74, 6) is 0. The van der Waals surface area contributed by atoms with Gasteiger partial charge < -0.3 is 16.0 Å². The van der Waals surface area contributed by atoms with E-state index in [0.717, 1.165) is 19.5 Å². The fourth-order valence-corrected chi connectivity index (χ4v) is 1.88. The van der Waals surface area contributed by atoms with Gasteiger partial charge in [-0.3, -0.25) is 0 Å². The lowest BCUT2D eigenvalue weighted by atomic mass is 10.1. The fourth-order valence-electron chi connectivity index (χ4n) is 1.88. The molecule has 0 aromatic carbocycles. The first-order valence-electron chi connectivity index (χ1n) is 6.27. The van der Waals surface area contributed by atoms with Crippen LogP contribution in [0, 0.1) is 0 Å². The molecule has 0 spiro atoms. The Balaban J connectivity index is 2.20. The highest BCUT2D eigenvalue weighted by atomic mass is 16.2. The zero-order chi connectivity index (χ0) is 12.0. The van der Waals surface area contributed by atoms with Crippen molar-refractivity contribution in [2.24, 2.45) is 0 Å². The monoisotopic (exact) mass is 227 g/mol. The molecule has 1 atom stereocenters. The minimum absolute atomic E-state index is 0.0708. The van der Waals surface area contributed by atoms with Gasteiger partial charge in [0.2, 0.25) is 0 Å². The molecule has 1 fully saturated rings. The second-order valence-corrected chi connectivity index (χ2v) is 5.59. The van der Waals surface area contributed by atoms with Crippen LogP contribution in [0.4, 0.5) is 4.79 Å². The Hall–Kier alpha value is -0.770. The van der Waals surface area contributed by atoms with Crippen molar-refractivity contribution in [3.8, 4) is 0 Å². The quantitative estimate of drug-likeness (QED) is 0.671. The number of nitrogens with one attached hydrogen (secondary N) is 3. The Morgan fingerprint density at radius 3 is 2.75 bits per heavy atom. The third kappa shape index (κ3) is 5.95. The van der Waals surface area contributed by atoms with Crippen molar-refractivity contribution < 1.29 is 4.79 Å². The van der Waals surface area contributed by atoms with Gasteiger partial charge in [0.1, 0.15) is 0 Å². The molecule has 4 nitrogen and oxygen atoms in total. The van der Waals surface area contributed by atoms with Crippen LogP contribution in [-0.4, -0.2) is 30.7 Å². The molecular weight excluding hydrogens is 202 g/mol. The Morgan fingerprint density at radius 2 is 2.06 bits per heavy atom. The summed E-state index contributed by atoms with van der Waals surface area (Å²) in [6.45, 7) is 7.75. The summed E-state index contributed by atoms with van der Waals surface area (Å²) in [4.78, 5) is 11.5. The molecule has 0 bridgehead atoms. The smallest absolute Gasteiger partial charge is 0.315 e. The zero-order valence-corrected chi connectivity index (χ0v) is 10.7. The number of carbonyl (C=O) groups excluding carboxylic acids is 1. The molecule has 16 heavy (non-hydrogen) atoms. The van der Waals surface area contributed by atoms with Crippen molar-refractivity contribution in [3.05, 3.63) is 0 Å². The molecule has 1 rings (SSSR count). The van der Waals surface area contributed by atoms with Gasteiger partial charge in [-0.1, -0.05) is 12.8 Å². The summed E-state index contributed by atoms with van der Waals surface area (Å²) in [6.07, 6.45) is 4.98. The lowest BCUT2D eigenvalue weighted by Crippen LogP contribution is -2.49. The molecule has 1 aliphatic rings. The van der Waals surface area contributed by atoms with E-state index < -0.39 is 0 Å². The van der Waals surface area contributed by atoms with Gasteiger partial charge in [0.05, 0.1) is 0 Å². The number of carbonyl (C=O) groups is 1. The molecule has 3 N–H and O–H groups in total. The minimum atomic E-state index is -0.166. The first kappa shape index (κ1) is 13.3. The van der Waals surface area contributed by atoms with E-state index in [4.69, 9.17) is 0 Å². The highest BCUT2D eigenvalue weighted by molar-refractivity contribution is 5.74. The normalized spacial score (nSPS) is 22.3. The molecule has 0 saturated carbocycles. The third-order valence-electron chi connectivity index (χ3n) is 2.66. The second kappa shape index (κ2) is 6.09. The molecule has 1 heterocycles. The Bertz CT molecular complexity index is 215. The summed E-state index contributed by atoms with van der Waals surface area (Å²) in [5, 5.41) is 9.28. The van der Waals surface area contributed by atoms with Crippen LogP contribution in [0.25, 0.3) is 0 Å². The van der Waals surface area contributed by atoms with E-state index in [1.54, 1.807) is 0 Å². The summed E-state index contributed by atoms with van der Waals surface area (Å²) < 4.78 is 0. The van der Waals surface area contributed by atoms with Crippen LogP contribution in [-0.2, 0) is 0 Å². The van der Waals surface area contributed by atoms with Gasteiger partial charge in [0, 0.05) is 18.1 Å². The van der Waals surface area contributed by atoms with Crippen LogP contribution in [0.15, 0.2) is 0 Å². The third-order valence-corrected chi connectivity index (χ3v) is 2.66. The number of hydrogen-bond donors (Lipinski definition) is 3. The van der Waals surface area contributed by atoms with Crippen LogP contribution in [0.5, 0.6) is 0 Å². The zero-order valence-electron chi connectivity index (χ0n) is 10.7. The molecule has 4 heteroatoms. The maximum atomic E-state index is 11.5. The number of urea groups is 1. The summed E-state index contributed by atoms with van der Waals surface area (Å²) in [5.41, 5.74) is -0.166. The van der Waals surface area contributed by atoms with Crippen molar-refractivity contribution in [3.63, 3.8) is 0 Å². The van der Waals surface area contributed by atoms with Crippen LogP contribution >= 0.6 is 0 Å². The Morgan fingerprint density at radius 1 is 1.31 bits per heavy atom. The predicted molar refractivity (Wildman–Crippen MR) is 66.5 cm³/mol. The minimum Gasteiger partial charge on any atom is -0.337 e. The molecule has 0 aliphatic carbocycles. The van der Waals surface area contributed by atoms with E-state index in [0.29, 0.717) is 6.04 Å². The van der Waals surface area contributed by atoms with Gasteiger partial charge in [-0.25, -0.2) is 4.79 Å². The molecular formula is C12H25N3O.